The molecule has 0 aromatic heterocycles. The van der Waals surface area contributed by atoms with Crippen molar-refractivity contribution in [2.75, 3.05) is 12.4 Å². The Labute approximate surface area is 123 Å². The van der Waals surface area contributed by atoms with Gasteiger partial charge >= 0.3 is 0 Å². The van der Waals surface area contributed by atoms with Crippen LogP contribution in [0.4, 0.5) is 0 Å². The molecule has 0 radical (unpaired) electrons. The molecule has 1 saturated carbocycles. The minimum atomic E-state index is -0.868. The van der Waals surface area contributed by atoms with E-state index in [4.69, 9.17) is 10.5 Å². The predicted octanol–water partition coefficient (Wildman–Crippen LogP) is 0.0851. The van der Waals surface area contributed by atoms with Crippen LogP contribution in [0.5, 0.6) is 0 Å². The molecule has 3 N–H and O–H groups in total. The second-order valence-corrected chi connectivity index (χ2v) is 7.01. The van der Waals surface area contributed by atoms with Crippen LogP contribution in [0.3, 0.4) is 0 Å². The number of fused-ring (bicyclic) bond motifs is 2. The fourth-order valence-corrected chi connectivity index (χ4v) is 5.40. The summed E-state index contributed by atoms with van der Waals surface area (Å²) in [5.74, 6) is 1.24. The zero-order valence-electron chi connectivity index (χ0n) is 11.6. The third-order valence-electron chi connectivity index (χ3n) is 4.97. The summed E-state index contributed by atoms with van der Waals surface area (Å²) in [6, 6.07) is 4.76. The zero-order valence-corrected chi connectivity index (χ0v) is 12.4. The molecule has 0 aromatic rings. The first-order valence-corrected chi connectivity index (χ1v) is 8.15. The number of hydrogen-bond donors (Lipinski definition) is 2. The number of thioether (sulfide) groups is 1. The largest absolute Gasteiger partial charge is 0.327 e. The molecule has 2 fully saturated rings. The van der Waals surface area contributed by atoms with Crippen LogP contribution in [0, 0.1) is 39.4 Å². The molecule has 2 aliphatic heterocycles. The SMILES string of the molecule is CCCCC[C@H]1[C@@]2(C#N)[C@@]3([NH+]=C(N)[C@@]12C#N)OCCS3. The summed E-state index contributed by atoms with van der Waals surface area (Å²) in [7, 11) is 0. The van der Waals surface area contributed by atoms with Crippen LogP contribution in [0.1, 0.15) is 32.6 Å². The van der Waals surface area contributed by atoms with Crippen LogP contribution in [-0.4, -0.2) is 23.3 Å². The highest BCUT2D eigenvalue weighted by Crippen LogP contribution is 2.77. The van der Waals surface area contributed by atoms with Crippen molar-refractivity contribution >= 4 is 17.6 Å². The first-order valence-electron chi connectivity index (χ1n) is 7.16. The summed E-state index contributed by atoms with van der Waals surface area (Å²) in [4.78, 5) is 3.12. The normalized spacial score (nSPS) is 44.8. The summed E-state index contributed by atoms with van der Waals surface area (Å²) < 4.78 is 5.86. The van der Waals surface area contributed by atoms with Crippen LogP contribution >= 0.6 is 11.8 Å². The molecular formula is C14H19N4OS+. The molecule has 2 heterocycles. The van der Waals surface area contributed by atoms with Gasteiger partial charge in [-0.2, -0.15) is 10.5 Å². The second-order valence-electron chi connectivity index (χ2n) is 5.74. The molecule has 0 aromatic carbocycles. The van der Waals surface area contributed by atoms with E-state index in [1.807, 2.05) is 0 Å². The molecule has 1 aliphatic carbocycles. The predicted molar refractivity (Wildman–Crippen MR) is 75.0 cm³/mol. The maximum absolute atomic E-state index is 9.83. The fourth-order valence-electron chi connectivity index (χ4n) is 4.03. The number of nitrogens with two attached hydrogens (primary N) is 1. The Bertz CT molecular complexity index is 542. The van der Waals surface area contributed by atoms with Crippen molar-refractivity contribution in [1.29, 1.82) is 10.5 Å². The summed E-state index contributed by atoms with van der Waals surface area (Å²) in [5, 5.41) is 18.7. The van der Waals surface area contributed by atoms with Gasteiger partial charge in [0.25, 0.3) is 10.9 Å². The van der Waals surface area contributed by atoms with Gasteiger partial charge in [-0.15, -0.1) is 0 Å². The van der Waals surface area contributed by atoms with Crippen molar-refractivity contribution in [2.24, 2.45) is 22.5 Å². The van der Waals surface area contributed by atoms with Gasteiger partial charge in [0.1, 0.15) is 0 Å². The van der Waals surface area contributed by atoms with Gasteiger partial charge in [-0.3, -0.25) is 5.73 Å². The summed E-state index contributed by atoms with van der Waals surface area (Å²) in [6.07, 6.45) is 4.14. The van der Waals surface area contributed by atoms with Gasteiger partial charge in [0.15, 0.2) is 10.8 Å². The maximum atomic E-state index is 9.83. The van der Waals surface area contributed by atoms with Crippen LogP contribution in [-0.2, 0) is 4.74 Å². The van der Waals surface area contributed by atoms with Crippen molar-refractivity contribution in [1.82, 2.24) is 0 Å². The van der Waals surface area contributed by atoms with Crippen molar-refractivity contribution < 1.29 is 9.73 Å². The standard InChI is InChI=1S/C14H18N4OS/c1-2-3-4-5-10-12(8-15)11(17)18-14(13(10,12)9-16)19-6-7-20-14/h10H,2-7H2,1H3,(H2,17,18)/p+1/t10-,12-,13-,14-/m1/s1. The first-order chi connectivity index (χ1) is 9.65. The highest BCUT2D eigenvalue weighted by atomic mass is 32.2. The lowest BCUT2D eigenvalue weighted by molar-refractivity contribution is -0.584. The van der Waals surface area contributed by atoms with Gasteiger partial charge in [0.05, 0.1) is 18.7 Å². The smallest absolute Gasteiger partial charge is 0.277 e. The summed E-state index contributed by atoms with van der Waals surface area (Å²) in [5.41, 5.74) is 4.42. The van der Waals surface area contributed by atoms with Gasteiger partial charge < -0.3 is 4.74 Å². The molecule has 0 unspecified atom stereocenters. The van der Waals surface area contributed by atoms with E-state index in [1.54, 1.807) is 11.8 Å². The number of nitrogens with zero attached hydrogens (tertiary/aromatic N) is 2. The number of unbranched alkanes of at least 4 members (excludes halogenated alkanes) is 2. The Morgan fingerprint density at radius 3 is 2.80 bits per heavy atom. The van der Waals surface area contributed by atoms with Gasteiger partial charge in [0, 0.05) is 11.7 Å². The van der Waals surface area contributed by atoms with Crippen LogP contribution in [0.25, 0.3) is 0 Å². The number of nitrogens with one attached hydrogen (secondary N) is 1. The minimum absolute atomic E-state index is 0.0107. The lowest BCUT2D eigenvalue weighted by atomic mass is 9.95. The summed E-state index contributed by atoms with van der Waals surface area (Å²) >= 11 is 1.58. The number of rotatable bonds is 4. The average Bonchev–Trinajstić information content (AvgIpc) is 2.69. The number of nitriles is 2. The van der Waals surface area contributed by atoms with Crippen molar-refractivity contribution in [2.45, 2.75) is 37.7 Å². The Morgan fingerprint density at radius 2 is 2.25 bits per heavy atom. The molecule has 6 heteroatoms. The van der Waals surface area contributed by atoms with E-state index < -0.39 is 15.9 Å². The molecule has 4 atom stereocenters. The molecule has 0 bridgehead atoms. The zero-order chi connectivity index (χ0) is 14.4. The van der Waals surface area contributed by atoms with Crippen LogP contribution < -0.4 is 10.7 Å². The Balaban J connectivity index is 1.98. The van der Waals surface area contributed by atoms with Crippen molar-refractivity contribution in [3.05, 3.63) is 0 Å². The van der Waals surface area contributed by atoms with E-state index >= 15 is 0 Å². The van der Waals surface area contributed by atoms with E-state index in [1.165, 1.54) is 0 Å². The van der Waals surface area contributed by atoms with Gasteiger partial charge in [-0.1, -0.05) is 37.9 Å². The van der Waals surface area contributed by atoms with Gasteiger partial charge in [0.2, 0.25) is 0 Å². The van der Waals surface area contributed by atoms with Crippen LogP contribution in [0.15, 0.2) is 0 Å². The van der Waals surface area contributed by atoms with E-state index in [9.17, 15) is 10.5 Å². The molecule has 106 valence electrons. The molecular weight excluding hydrogens is 272 g/mol. The highest BCUT2D eigenvalue weighted by Gasteiger charge is 2.95. The molecule has 3 aliphatic rings. The first kappa shape index (κ1) is 13.7. The van der Waals surface area contributed by atoms with E-state index in [2.05, 4.69) is 24.1 Å². The molecule has 1 spiro atoms. The fraction of sp³-hybridized carbons (Fsp3) is 0.786. The molecule has 3 rings (SSSR count). The quantitative estimate of drug-likeness (QED) is 0.715. The Kier molecular flexibility index (Phi) is 3.00. The maximum Gasteiger partial charge on any atom is 0.277 e. The van der Waals surface area contributed by atoms with E-state index in [-0.39, 0.29) is 5.92 Å². The third-order valence-corrected chi connectivity index (χ3v) is 6.29. The number of hydrogen-bond acceptors (Lipinski definition) is 5. The molecule has 0 amide bonds. The van der Waals surface area contributed by atoms with E-state index in [0.717, 1.165) is 31.4 Å². The molecule has 1 saturated heterocycles. The Morgan fingerprint density at radius 1 is 1.45 bits per heavy atom. The second kappa shape index (κ2) is 4.38. The lowest BCUT2D eigenvalue weighted by Gasteiger charge is -2.23. The molecule has 5 nitrogen and oxygen atoms in total. The summed E-state index contributed by atoms with van der Waals surface area (Å²) in [6.45, 7) is 2.74. The van der Waals surface area contributed by atoms with Crippen LogP contribution in [0.2, 0.25) is 0 Å². The van der Waals surface area contributed by atoms with Crippen molar-refractivity contribution in [3.8, 4) is 12.1 Å². The van der Waals surface area contributed by atoms with Crippen molar-refractivity contribution in [3.63, 3.8) is 0 Å². The monoisotopic (exact) mass is 291 g/mol. The van der Waals surface area contributed by atoms with Gasteiger partial charge in [-0.05, 0) is 6.42 Å². The molecule has 20 heavy (non-hydrogen) atoms. The number of amidine groups is 1. The topological polar surface area (TPSA) is 96.8 Å². The lowest BCUT2D eigenvalue weighted by Crippen LogP contribution is -2.88. The Hall–Kier alpha value is -1.24. The number of ether oxygens (including phenoxy) is 1. The van der Waals surface area contributed by atoms with E-state index in [0.29, 0.717) is 12.4 Å². The van der Waals surface area contributed by atoms with Gasteiger partial charge in [-0.25, -0.2) is 4.99 Å². The third kappa shape index (κ3) is 1.25. The minimum Gasteiger partial charge on any atom is -0.327 e. The highest BCUT2D eigenvalue weighted by molar-refractivity contribution is 8.00. The average molecular weight is 291 g/mol.